The monoisotopic (exact) mass is 463 g/mol. The van der Waals surface area contributed by atoms with Crippen LogP contribution in [0.25, 0.3) is 0 Å². The minimum absolute atomic E-state index is 0.115. The molecule has 3 aromatic rings. The lowest BCUT2D eigenvalue weighted by Gasteiger charge is -2.29. The lowest BCUT2D eigenvalue weighted by molar-refractivity contribution is 0.0722. The SMILES string of the molecule is CCn1nc(C)cc1C(=O)NCCC(Cc1ccccc1)N(C)C(=O)c1cc(C)nc(OC)c1. The second-order valence-electron chi connectivity index (χ2n) is 8.33. The van der Waals surface area contributed by atoms with E-state index in [9.17, 15) is 9.59 Å². The molecule has 1 aromatic carbocycles. The first kappa shape index (κ1) is 25.0. The number of aromatic nitrogens is 3. The van der Waals surface area contributed by atoms with E-state index in [-0.39, 0.29) is 17.9 Å². The van der Waals surface area contributed by atoms with Crippen molar-refractivity contribution in [2.45, 2.75) is 46.2 Å². The zero-order valence-electron chi connectivity index (χ0n) is 20.5. The number of methoxy groups -OCH3 is 1. The Kier molecular flexibility index (Phi) is 8.40. The van der Waals surface area contributed by atoms with Crippen LogP contribution in [0.3, 0.4) is 0 Å². The summed E-state index contributed by atoms with van der Waals surface area (Å²) in [5.41, 5.74) is 3.72. The lowest BCUT2D eigenvalue weighted by atomic mass is 10.0. The molecule has 2 amide bonds. The van der Waals surface area contributed by atoms with E-state index in [0.717, 1.165) is 11.3 Å². The van der Waals surface area contributed by atoms with Crippen molar-refractivity contribution in [1.82, 2.24) is 25.0 Å². The summed E-state index contributed by atoms with van der Waals surface area (Å²) in [6.45, 7) is 6.71. The van der Waals surface area contributed by atoms with E-state index >= 15 is 0 Å². The van der Waals surface area contributed by atoms with E-state index < -0.39 is 0 Å². The van der Waals surface area contributed by atoms with Gasteiger partial charge in [-0.05, 0) is 51.3 Å². The lowest BCUT2D eigenvalue weighted by Crippen LogP contribution is -2.41. The summed E-state index contributed by atoms with van der Waals surface area (Å²) in [5, 5.41) is 7.34. The summed E-state index contributed by atoms with van der Waals surface area (Å²) >= 11 is 0. The maximum atomic E-state index is 13.3. The van der Waals surface area contributed by atoms with Gasteiger partial charge >= 0.3 is 0 Å². The Bertz CT molecular complexity index is 1130. The Morgan fingerprint density at radius 2 is 1.85 bits per heavy atom. The number of aryl methyl sites for hydroxylation is 3. The van der Waals surface area contributed by atoms with Crippen LogP contribution in [0.5, 0.6) is 5.88 Å². The quantitative estimate of drug-likeness (QED) is 0.498. The number of pyridine rings is 1. The van der Waals surface area contributed by atoms with Gasteiger partial charge in [-0.25, -0.2) is 4.98 Å². The van der Waals surface area contributed by atoms with Gasteiger partial charge in [-0.1, -0.05) is 30.3 Å². The number of carbonyl (C=O) groups excluding carboxylic acids is 2. The number of ether oxygens (including phenoxy) is 1. The Morgan fingerprint density at radius 3 is 2.53 bits per heavy atom. The van der Waals surface area contributed by atoms with Crippen molar-refractivity contribution in [3.63, 3.8) is 0 Å². The third kappa shape index (κ3) is 6.21. The highest BCUT2D eigenvalue weighted by Crippen LogP contribution is 2.18. The summed E-state index contributed by atoms with van der Waals surface area (Å²) in [6, 6.07) is 15.1. The average Bonchev–Trinajstić information content (AvgIpc) is 3.23. The van der Waals surface area contributed by atoms with Crippen LogP contribution in [0, 0.1) is 13.8 Å². The van der Waals surface area contributed by atoms with Crippen LogP contribution in [0.2, 0.25) is 0 Å². The predicted molar refractivity (Wildman–Crippen MR) is 131 cm³/mol. The van der Waals surface area contributed by atoms with Crippen molar-refractivity contribution in [2.24, 2.45) is 0 Å². The molecule has 8 nitrogen and oxygen atoms in total. The van der Waals surface area contributed by atoms with Gasteiger partial charge in [-0.3, -0.25) is 14.3 Å². The number of nitrogens with zero attached hydrogens (tertiary/aromatic N) is 4. The van der Waals surface area contributed by atoms with Crippen LogP contribution < -0.4 is 10.1 Å². The smallest absolute Gasteiger partial charge is 0.269 e. The van der Waals surface area contributed by atoms with Crippen molar-refractivity contribution in [2.75, 3.05) is 20.7 Å². The highest BCUT2D eigenvalue weighted by Gasteiger charge is 2.23. The number of likely N-dealkylation sites (N-methyl/N-ethyl adjacent to an activating group) is 1. The molecule has 180 valence electrons. The number of nitrogens with one attached hydrogen (secondary N) is 1. The number of amides is 2. The zero-order chi connectivity index (χ0) is 24.7. The van der Waals surface area contributed by atoms with Gasteiger partial charge in [0.25, 0.3) is 11.8 Å². The van der Waals surface area contributed by atoms with E-state index in [1.165, 1.54) is 7.11 Å². The summed E-state index contributed by atoms with van der Waals surface area (Å²) in [4.78, 5) is 32.1. The van der Waals surface area contributed by atoms with Crippen LogP contribution in [-0.2, 0) is 13.0 Å². The van der Waals surface area contributed by atoms with Gasteiger partial charge in [0, 0.05) is 43.5 Å². The Balaban J connectivity index is 1.74. The molecule has 2 heterocycles. The van der Waals surface area contributed by atoms with Crippen molar-refractivity contribution in [3.8, 4) is 5.88 Å². The largest absolute Gasteiger partial charge is 0.481 e. The Morgan fingerprint density at radius 1 is 1.12 bits per heavy atom. The molecule has 0 saturated heterocycles. The first-order chi connectivity index (χ1) is 16.3. The number of hydrogen-bond donors (Lipinski definition) is 1. The van der Waals surface area contributed by atoms with Gasteiger partial charge in [-0.2, -0.15) is 5.10 Å². The normalized spacial score (nSPS) is 11.7. The fraction of sp³-hybridized carbons (Fsp3) is 0.385. The molecule has 2 aromatic heterocycles. The topological polar surface area (TPSA) is 89.4 Å². The highest BCUT2D eigenvalue weighted by atomic mass is 16.5. The van der Waals surface area contributed by atoms with Gasteiger partial charge in [0.2, 0.25) is 5.88 Å². The number of carbonyl (C=O) groups is 2. The van der Waals surface area contributed by atoms with Crippen molar-refractivity contribution in [3.05, 3.63) is 76.7 Å². The average molecular weight is 464 g/mol. The molecule has 0 aliphatic carbocycles. The number of rotatable bonds is 10. The highest BCUT2D eigenvalue weighted by molar-refractivity contribution is 5.94. The van der Waals surface area contributed by atoms with Gasteiger partial charge in [-0.15, -0.1) is 0 Å². The molecule has 1 unspecified atom stereocenters. The van der Waals surface area contributed by atoms with E-state index in [0.29, 0.717) is 48.8 Å². The fourth-order valence-corrected chi connectivity index (χ4v) is 3.97. The Hall–Kier alpha value is -3.68. The molecule has 1 atom stereocenters. The van der Waals surface area contributed by atoms with Crippen LogP contribution in [0.4, 0.5) is 0 Å². The summed E-state index contributed by atoms with van der Waals surface area (Å²) in [6.07, 6.45) is 1.27. The minimum atomic E-state index is -0.163. The summed E-state index contributed by atoms with van der Waals surface area (Å²) < 4.78 is 6.93. The summed E-state index contributed by atoms with van der Waals surface area (Å²) in [7, 11) is 3.34. The van der Waals surface area contributed by atoms with Gasteiger partial charge < -0.3 is 15.0 Å². The van der Waals surface area contributed by atoms with Crippen LogP contribution in [-0.4, -0.2) is 58.2 Å². The van der Waals surface area contributed by atoms with Crippen LogP contribution in [0.1, 0.15) is 51.1 Å². The van der Waals surface area contributed by atoms with Gasteiger partial charge in [0.15, 0.2) is 0 Å². The molecule has 34 heavy (non-hydrogen) atoms. The van der Waals surface area contributed by atoms with E-state index in [1.807, 2.05) is 51.1 Å². The van der Waals surface area contributed by atoms with Crippen LogP contribution >= 0.6 is 0 Å². The van der Waals surface area contributed by atoms with E-state index in [1.54, 1.807) is 34.8 Å². The molecule has 0 bridgehead atoms. The zero-order valence-corrected chi connectivity index (χ0v) is 20.5. The predicted octanol–water partition coefficient (Wildman–Crippen LogP) is 3.43. The maximum absolute atomic E-state index is 13.3. The molecule has 0 saturated carbocycles. The van der Waals surface area contributed by atoms with E-state index in [4.69, 9.17) is 4.74 Å². The third-order valence-corrected chi connectivity index (χ3v) is 5.77. The summed E-state index contributed by atoms with van der Waals surface area (Å²) in [5.74, 6) is 0.131. The van der Waals surface area contributed by atoms with Gasteiger partial charge in [0.1, 0.15) is 5.69 Å². The number of benzene rings is 1. The first-order valence-electron chi connectivity index (χ1n) is 11.5. The number of hydrogen-bond acceptors (Lipinski definition) is 5. The molecule has 0 spiro atoms. The fourth-order valence-electron chi connectivity index (χ4n) is 3.97. The molecule has 0 fully saturated rings. The molecule has 0 aliphatic heterocycles. The third-order valence-electron chi connectivity index (χ3n) is 5.77. The van der Waals surface area contributed by atoms with Gasteiger partial charge in [0.05, 0.1) is 12.8 Å². The van der Waals surface area contributed by atoms with Crippen molar-refractivity contribution < 1.29 is 14.3 Å². The Labute approximate surface area is 200 Å². The molecular weight excluding hydrogens is 430 g/mol. The standard InChI is InChI=1S/C26H33N5O3/c1-6-31-23(15-19(3)29-31)25(32)27-13-12-22(16-20-10-8-7-9-11-20)30(4)26(33)21-14-18(2)28-24(17-21)34-5/h7-11,14-15,17,22H,6,12-13,16H2,1-5H3,(H,27,32). The first-order valence-corrected chi connectivity index (χ1v) is 11.5. The minimum Gasteiger partial charge on any atom is -0.481 e. The maximum Gasteiger partial charge on any atom is 0.269 e. The van der Waals surface area contributed by atoms with Crippen LogP contribution in [0.15, 0.2) is 48.5 Å². The molecule has 8 heteroatoms. The second-order valence-corrected chi connectivity index (χ2v) is 8.33. The van der Waals surface area contributed by atoms with Crippen molar-refractivity contribution >= 4 is 11.8 Å². The van der Waals surface area contributed by atoms with E-state index in [2.05, 4.69) is 15.4 Å². The molecular formula is C26H33N5O3. The molecule has 1 N–H and O–H groups in total. The molecule has 3 rings (SSSR count). The molecule has 0 aliphatic rings. The molecule has 0 radical (unpaired) electrons. The second kappa shape index (κ2) is 11.4. The van der Waals surface area contributed by atoms with Crippen molar-refractivity contribution in [1.29, 1.82) is 0 Å².